The Morgan fingerprint density at radius 1 is 1.16 bits per heavy atom. The van der Waals surface area contributed by atoms with Crippen LogP contribution in [0.4, 0.5) is 0 Å². The van der Waals surface area contributed by atoms with Crippen molar-refractivity contribution in [3.63, 3.8) is 0 Å². The topological polar surface area (TPSA) is 41.5 Å². The molecule has 1 aliphatic carbocycles. The van der Waals surface area contributed by atoms with Crippen molar-refractivity contribution in [2.45, 2.75) is 19.8 Å². The lowest BCUT2D eigenvalue weighted by molar-refractivity contribution is 0.0956. The van der Waals surface area contributed by atoms with E-state index in [1.807, 2.05) is 49.4 Å². The van der Waals surface area contributed by atoms with Gasteiger partial charge in [-0.15, -0.1) is 0 Å². The lowest BCUT2D eigenvalue weighted by Gasteiger charge is -2.05. The minimum Gasteiger partial charge on any atom is -0.267 e. The molecule has 0 unspecified atom stereocenters. The van der Waals surface area contributed by atoms with E-state index in [0.717, 1.165) is 16.5 Å². The van der Waals surface area contributed by atoms with E-state index < -0.39 is 0 Å². The van der Waals surface area contributed by atoms with Gasteiger partial charge in [-0.3, -0.25) is 4.79 Å². The summed E-state index contributed by atoms with van der Waals surface area (Å²) >= 11 is 0. The number of benzene rings is 2. The zero-order valence-electron chi connectivity index (χ0n) is 10.9. The second-order valence-corrected chi connectivity index (χ2v) is 5.00. The minimum atomic E-state index is -0.142. The van der Waals surface area contributed by atoms with E-state index in [1.165, 1.54) is 12.8 Å². The van der Waals surface area contributed by atoms with Crippen LogP contribution in [0.5, 0.6) is 0 Å². The van der Waals surface area contributed by atoms with Crippen molar-refractivity contribution in [2.75, 3.05) is 0 Å². The van der Waals surface area contributed by atoms with E-state index in [-0.39, 0.29) is 5.91 Å². The van der Waals surface area contributed by atoms with Crippen LogP contribution in [0.2, 0.25) is 0 Å². The van der Waals surface area contributed by atoms with E-state index in [0.29, 0.717) is 11.5 Å². The van der Waals surface area contributed by atoms with Gasteiger partial charge in [-0.1, -0.05) is 36.4 Å². The van der Waals surface area contributed by atoms with Gasteiger partial charge in [0.2, 0.25) is 0 Å². The molecule has 1 N–H and O–H groups in total. The molecule has 0 atom stereocenters. The standard InChI is InChI=1S/C16H16N2O/c1-11(12-9-10-12)17-18-16(19)15-8-4-6-13-5-2-3-7-14(13)15/h2-8,12H,9-10H2,1H3,(H,18,19)/b17-11+. The van der Waals surface area contributed by atoms with Gasteiger partial charge in [-0.05, 0) is 42.5 Å². The van der Waals surface area contributed by atoms with Crippen molar-refractivity contribution in [3.05, 3.63) is 48.0 Å². The van der Waals surface area contributed by atoms with Crippen LogP contribution < -0.4 is 5.43 Å². The number of nitrogens with zero attached hydrogens (tertiary/aromatic N) is 1. The first-order valence-electron chi connectivity index (χ1n) is 6.58. The van der Waals surface area contributed by atoms with Gasteiger partial charge in [0.25, 0.3) is 5.91 Å². The molecule has 2 aromatic carbocycles. The maximum Gasteiger partial charge on any atom is 0.271 e. The summed E-state index contributed by atoms with van der Waals surface area (Å²) in [6.07, 6.45) is 2.39. The normalized spacial score (nSPS) is 15.5. The third-order valence-corrected chi connectivity index (χ3v) is 3.54. The van der Waals surface area contributed by atoms with Crippen LogP contribution in [0.1, 0.15) is 30.1 Å². The number of fused-ring (bicyclic) bond motifs is 1. The van der Waals surface area contributed by atoms with E-state index in [1.54, 1.807) is 0 Å². The highest BCUT2D eigenvalue weighted by Gasteiger charge is 2.24. The van der Waals surface area contributed by atoms with E-state index in [4.69, 9.17) is 0 Å². The Hall–Kier alpha value is -2.16. The van der Waals surface area contributed by atoms with Crippen LogP contribution in [0.3, 0.4) is 0 Å². The minimum absolute atomic E-state index is 0.142. The van der Waals surface area contributed by atoms with E-state index in [2.05, 4.69) is 10.5 Å². The molecular formula is C16H16N2O. The van der Waals surface area contributed by atoms with E-state index in [9.17, 15) is 4.79 Å². The third-order valence-electron chi connectivity index (χ3n) is 3.54. The molecule has 1 fully saturated rings. The van der Waals surface area contributed by atoms with Gasteiger partial charge in [-0.2, -0.15) is 5.10 Å². The molecule has 3 rings (SSSR count). The number of carbonyl (C=O) groups excluding carboxylic acids is 1. The quantitative estimate of drug-likeness (QED) is 0.660. The van der Waals surface area contributed by atoms with Crippen LogP contribution in [-0.2, 0) is 0 Å². The number of rotatable bonds is 3. The number of hydrogen-bond donors (Lipinski definition) is 1. The average Bonchev–Trinajstić information content (AvgIpc) is 3.28. The predicted molar refractivity (Wildman–Crippen MR) is 77.2 cm³/mol. The van der Waals surface area contributed by atoms with Crippen LogP contribution >= 0.6 is 0 Å². The molecule has 3 heteroatoms. The van der Waals surface area contributed by atoms with E-state index >= 15 is 0 Å². The van der Waals surface area contributed by atoms with Crippen molar-refractivity contribution < 1.29 is 4.79 Å². The summed E-state index contributed by atoms with van der Waals surface area (Å²) in [4.78, 5) is 12.2. The molecule has 0 radical (unpaired) electrons. The SMILES string of the molecule is C/C(=N\NC(=O)c1cccc2ccccc12)C1CC1. The van der Waals surface area contributed by atoms with Gasteiger partial charge in [0.05, 0.1) is 0 Å². The lowest BCUT2D eigenvalue weighted by Crippen LogP contribution is -2.19. The molecular weight excluding hydrogens is 236 g/mol. The van der Waals surface area contributed by atoms with Crippen molar-refractivity contribution in [1.29, 1.82) is 0 Å². The first-order chi connectivity index (χ1) is 9.25. The molecule has 0 bridgehead atoms. The molecule has 96 valence electrons. The van der Waals surface area contributed by atoms with Gasteiger partial charge in [0, 0.05) is 11.3 Å². The van der Waals surface area contributed by atoms with Crippen LogP contribution in [0.25, 0.3) is 10.8 Å². The molecule has 3 nitrogen and oxygen atoms in total. The Labute approximate surface area is 112 Å². The smallest absolute Gasteiger partial charge is 0.267 e. The van der Waals surface area contributed by atoms with Gasteiger partial charge >= 0.3 is 0 Å². The molecule has 0 aromatic heterocycles. The molecule has 0 heterocycles. The number of nitrogens with one attached hydrogen (secondary N) is 1. The molecule has 1 saturated carbocycles. The Morgan fingerprint density at radius 2 is 1.89 bits per heavy atom. The summed E-state index contributed by atoms with van der Waals surface area (Å²) in [5.74, 6) is 0.435. The number of hydrogen-bond acceptors (Lipinski definition) is 2. The fourth-order valence-corrected chi connectivity index (χ4v) is 2.21. The first kappa shape index (κ1) is 11.9. The van der Waals surface area contributed by atoms with Gasteiger partial charge in [0.15, 0.2) is 0 Å². The summed E-state index contributed by atoms with van der Waals surface area (Å²) < 4.78 is 0. The Morgan fingerprint density at radius 3 is 2.68 bits per heavy atom. The van der Waals surface area contributed by atoms with Crippen molar-refractivity contribution in [3.8, 4) is 0 Å². The van der Waals surface area contributed by atoms with Gasteiger partial charge in [-0.25, -0.2) is 5.43 Å². The number of hydrazone groups is 1. The van der Waals surface area contributed by atoms with Crippen LogP contribution in [0, 0.1) is 5.92 Å². The second-order valence-electron chi connectivity index (χ2n) is 5.00. The Balaban J connectivity index is 1.87. The summed E-state index contributed by atoms with van der Waals surface area (Å²) in [6, 6.07) is 13.6. The first-order valence-corrected chi connectivity index (χ1v) is 6.58. The fourth-order valence-electron chi connectivity index (χ4n) is 2.21. The molecule has 1 amide bonds. The number of carbonyl (C=O) groups is 1. The van der Waals surface area contributed by atoms with Crippen LogP contribution in [-0.4, -0.2) is 11.6 Å². The van der Waals surface area contributed by atoms with Crippen LogP contribution in [0.15, 0.2) is 47.6 Å². The monoisotopic (exact) mass is 252 g/mol. The fraction of sp³-hybridized carbons (Fsp3) is 0.250. The largest absolute Gasteiger partial charge is 0.271 e. The Kier molecular flexibility index (Phi) is 3.03. The van der Waals surface area contributed by atoms with Crippen molar-refractivity contribution >= 4 is 22.4 Å². The average molecular weight is 252 g/mol. The lowest BCUT2D eigenvalue weighted by atomic mass is 10.0. The molecule has 0 aliphatic heterocycles. The van der Waals surface area contributed by atoms with Gasteiger partial charge < -0.3 is 0 Å². The summed E-state index contributed by atoms with van der Waals surface area (Å²) in [7, 11) is 0. The zero-order valence-corrected chi connectivity index (χ0v) is 10.9. The highest BCUT2D eigenvalue weighted by molar-refractivity contribution is 6.07. The van der Waals surface area contributed by atoms with Crippen molar-refractivity contribution in [2.24, 2.45) is 11.0 Å². The third kappa shape index (κ3) is 2.50. The summed E-state index contributed by atoms with van der Waals surface area (Å²) in [6.45, 7) is 1.97. The molecule has 19 heavy (non-hydrogen) atoms. The molecule has 0 spiro atoms. The Bertz CT molecular complexity index is 651. The van der Waals surface area contributed by atoms with Crippen molar-refractivity contribution in [1.82, 2.24) is 5.43 Å². The zero-order chi connectivity index (χ0) is 13.2. The molecule has 1 aliphatic rings. The highest BCUT2D eigenvalue weighted by atomic mass is 16.2. The maximum absolute atomic E-state index is 12.2. The molecule has 2 aromatic rings. The highest BCUT2D eigenvalue weighted by Crippen LogP contribution is 2.30. The summed E-state index contributed by atoms with van der Waals surface area (Å²) in [5, 5.41) is 6.21. The predicted octanol–water partition coefficient (Wildman–Crippen LogP) is 3.36. The summed E-state index contributed by atoms with van der Waals surface area (Å²) in [5.41, 5.74) is 4.35. The maximum atomic E-state index is 12.2. The second kappa shape index (κ2) is 4.84. The number of amides is 1. The van der Waals surface area contributed by atoms with Gasteiger partial charge in [0.1, 0.15) is 0 Å². The molecule has 0 saturated heterocycles.